The Labute approximate surface area is 155 Å². The van der Waals surface area contributed by atoms with Gasteiger partial charge in [0.1, 0.15) is 18.2 Å². The maximum absolute atomic E-state index is 12.9. The zero-order valence-corrected chi connectivity index (χ0v) is 15.3. The highest BCUT2D eigenvalue weighted by molar-refractivity contribution is 7.99. The van der Waals surface area contributed by atoms with Gasteiger partial charge in [-0.25, -0.2) is 4.39 Å². The second kappa shape index (κ2) is 8.33. The Kier molecular flexibility index (Phi) is 5.90. The van der Waals surface area contributed by atoms with E-state index in [1.807, 2.05) is 26.0 Å². The molecule has 0 radical (unpaired) electrons. The SMILES string of the molecule is Cc1cc(C)cc(OC[C@H](O)CSc2nnc(-c3ccc(F)cc3)o2)c1. The minimum atomic E-state index is -0.679. The Morgan fingerprint density at radius 2 is 1.81 bits per heavy atom. The molecular weight excluding hydrogens is 355 g/mol. The Morgan fingerprint density at radius 3 is 2.50 bits per heavy atom. The van der Waals surface area contributed by atoms with Crippen LogP contribution in [-0.4, -0.2) is 33.8 Å². The maximum Gasteiger partial charge on any atom is 0.276 e. The van der Waals surface area contributed by atoms with E-state index in [0.29, 0.717) is 22.4 Å². The first kappa shape index (κ1) is 18.4. The molecule has 3 aromatic rings. The molecule has 0 spiro atoms. The topological polar surface area (TPSA) is 68.4 Å². The molecule has 0 aliphatic rings. The van der Waals surface area contributed by atoms with Crippen LogP contribution in [0.3, 0.4) is 0 Å². The van der Waals surface area contributed by atoms with Crippen LogP contribution in [0.2, 0.25) is 0 Å². The van der Waals surface area contributed by atoms with E-state index in [9.17, 15) is 9.50 Å². The molecule has 0 saturated heterocycles. The number of benzene rings is 2. The Hall–Kier alpha value is -2.38. The first-order chi connectivity index (χ1) is 12.5. The zero-order valence-electron chi connectivity index (χ0n) is 14.5. The van der Waals surface area contributed by atoms with Crippen LogP contribution in [0.5, 0.6) is 5.75 Å². The number of aryl methyl sites for hydroxylation is 2. The number of halogens is 1. The fourth-order valence-electron chi connectivity index (χ4n) is 2.40. The molecule has 0 saturated carbocycles. The highest BCUT2D eigenvalue weighted by Gasteiger charge is 2.12. The van der Waals surface area contributed by atoms with E-state index in [1.54, 1.807) is 12.1 Å². The van der Waals surface area contributed by atoms with Crippen LogP contribution < -0.4 is 4.74 Å². The van der Waals surface area contributed by atoms with Crippen molar-refractivity contribution < 1.29 is 18.7 Å². The van der Waals surface area contributed by atoms with Gasteiger partial charge >= 0.3 is 0 Å². The summed E-state index contributed by atoms with van der Waals surface area (Å²) >= 11 is 1.24. The van der Waals surface area contributed by atoms with Crippen molar-refractivity contribution in [2.45, 2.75) is 25.2 Å². The van der Waals surface area contributed by atoms with Gasteiger partial charge in [0.15, 0.2) is 0 Å². The average Bonchev–Trinajstić information content (AvgIpc) is 3.07. The zero-order chi connectivity index (χ0) is 18.5. The molecule has 0 aliphatic heterocycles. The summed E-state index contributed by atoms with van der Waals surface area (Å²) in [7, 11) is 0. The molecule has 2 aromatic carbocycles. The molecule has 0 amide bonds. The van der Waals surface area contributed by atoms with E-state index >= 15 is 0 Å². The standard InChI is InChI=1S/C19H19FN2O3S/c1-12-7-13(2)9-17(8-12)24-10-16(23)11-26-19-22-21-18(25-19)14-3-5-15(20)6-4-14/h3-9,16,23H,10-11H2,1-2H3/t16-/m0/s1. The van der Waals surface area contributed by atoms with E-state index in [0.717, 1.165) is 16.9 Å². The molecule has 1 aromatic heterocycles. The van der Waals surface area contributed by atoms with Crippen LogP contribution in [0.15, 0.2) is 52.1 Å². The van der Waals surface area contributed by atoms with Gasteiger partial charge in [0.05, 0.1) is 6.10 Å². The molecule has 3 rings (SSSR count). The second-order valence-corrected chi connectivity index (χ2v) is 6.95. The molecule has 1 heterocycles. The van der Waals surface area contributed by atoms with Crippen molar-refractivity contribution in [3.63, 3.8) is 0 Å². The molecule has 1 atom stereocenters. The Balaban J connectivity index is 1.50. The molecule has 0 unspecified atom stereocenters. The summed E-state index contributed by atoms with van der Waals surface area (Å²) in [4.78, 5) is 0. The van der Waals surface area contributed by atoms with Crippen molar-refractivity contribution in [2.24, 2.45) is 0 Å². The van der Waals surface area contributed by atoms with Gasteiger partial charge in [0.2, 0.25) is 5.89 Å². The smallest absolute Gasteiger partial charge is 0.276 e. The van der Waals surface area contributed by atoms with Crippen LogP contribution in [0.1, 0.15) is 11.1 Å². The van der Waals surface area contributed by atoms with E-state index in [4.69, 9.17) is 9.15 Å². The van der Waals surface area contributed by atoms with Crippen molar-refractivity contribution >= 4 is 11.8 Å². The number of thioether (sulfide) groups is 1. The number of aliphatic hydroxyl groups excluding tert-OH is 1. The lowest BCUT2D eigenvalue weighted by Crippen LogP contribution is -2.20. The van der Waals surface area contributed by atoms with Gasteiger partial charge in [-0.1, -0.05) is 17.8 Å². The lowest BCUT2D eigenvalue weighted by Gasteiger charge is -2.12. The van der Waals surface area contributed by atoms with Crippen LogP contribution in [0, 0.1) is 19.7 Å². The third kappa shape index (κ3) is 5.06. The summed E-state index contributed by atoms with van der Waals surface area (Å²) < 4.78 is 24.1. The number of rotatable bonds is 7. The van der Waals surface area contributed by atoms with Gasteiger partial charge in [-0.2, -0.15) is 0 Å². The minimum Gasteiger partial charge on any atom is -0.491 e. The molecule has 7 heteroatoms. The summed E-state index contributed by atoms with van der Waals surface area (Å²) in [6, 6.07) is 11.7. The first-order valence-corrected chi connectivity index (χ1v) is 9.09. The highest BCUT2D eigenvalue weighted by atomic mass is 32.2. The molecule has 0 aliphatic carbocycles. The van der Waals surface area contributed by atoms with Crippen LogP contribution >= 0.6 is 11.8 Å². The summed E-state index contributed by atoms with van der Waals surface area (Å²) in [5, 5.41) is 18.3. The quantitative estimate of drug-likeness (QED) is 0.630. The van der Waals surface area contributed by atoms with Crippen molar-refractivity contribution in [1.29, 1.82) is 0 Å². The fourth-order valence-corrected chi connectivity index (χ4v) is 3.07. The summed E-state index contributed by atoms with van der Waals surface area (Å²) in [5.41, 5.74) is 2.87. The summed E-state index contributed by atoms with van der Waals surface area (Å²) in [6.45, 7) is 4.18. The van der Waals surface area contributed by atoms with Crippen molar-refractivity contribution in [2.75, 3.05) is 12.4 Å². The molecule has 5 nitrogen and oxygen atoms in total. The Bertz CT molecular complexity index is 847. The van der Waals surface area contributed by atoms with Gasteiger partial charge in [0.25, 0.3) is 5.22 Å². The minimum absolute atomic E-state index is 0.175. The monoisotopic (exact) mass is 374 g/mol. The van der Waals surface area contributed by atoms with Crippen LogP contribution in [0.4, 0.5) is 4.39 Å². The third-order valence-electron chi connectivity index (χ3n) is 3.53. The predicted molar refractivity (Wildman–Crippen MR) is 97.8 cm³/mol. The number of hydrogen-bond acceptors (Lipinski definition) is 6. The number of aliphatic hydroxyl groups is 1. The van der Waals surface area contributed by atoms with Crippen molar-refractivity contribution in [3.05, 3.63) is 59.4 Å². The van der Waals surface area contributed by atoms with Crippen molar-refractivity contribution in [3.8, 4) is 17.2 Å². The molecule has 0 bridgehead atoms. The first-order valence-electron chi connectivity index (χ1n) is 8.11. The molecule has 0 fully saturated rings. The highest BCUT2D eigenvalue weighted by Crippen LogP contribution is 2.24. The van der Waals surface area contributed by atoms with E-state index in [1.165, 1.54) is 23.9 Å². The molecule has 1 N–H and O–H groups in total. The maximum atomic E-state index is 12.9. The second-order valence-electron chi connectivity index (χ2n) is 5.98. The Morgan fingerprint density at radius 1 is 1.12 bits per heavy atom. The van der Waals surface area contributed by atoms with Gasteiger partial charge < -0.3 is 14.3 Å². The van der Waals surface area contributed by atoms with Crippen molar-refractivity contribution in [1.82, 2.24) is 10.2 Å². The lowest BCUT2D eigenvalue weighted by molar-refractivity contribution is 0.126. The summed E-state index contributed by atoms with van der Waals surface area (Å²) in [5.74, 6) is 1.08. The largest absolute Gasteiger partial charge is 0.491 e. The van der Waals surface area contributed by atoms with E-state index < -0.39 is 6.10 Å². The van der Waals surface area contributed by atoms with Crippen LogP contribution in [-0.2, 0) is 0 Å². The molecule has 26 heavy (non-hydrogen) atoms. The molecular formula is C19H19FN2O3S. The number of aromatic nitrogens is 2. The average molecular weight is 374 g/mol. The number of ether oxygens (including phenoxy) is 1. The van der Waals surface area contributed by atoms with Gasteiger partial charge in [0, 0.05) is 11.3 Å². The third-order valence-corrected chi connectivity index (χ3v) is 4.50. The van der Waals surface area contributed by atoms with Crippen LogP contribution in [0.25, 0.3) is 11.5 Å². The number of hydrogen-bond donors (Lipinski definition) is 1. The molecule has 136 valence electrons. The predicted octanol–water partition coefficient (Wildman–Crippen LogP) is 4.02. The normalized spacial score (nSPS) is 12.2. The van der Waals surface area contributed by atoms with Gasteiger partial charge in [-0.15, -0.1) is 10.2 Å². The van der Waals surface area contributed by atoms with E-state index in [2.05, 4.69) is 16.3 Å². The summed E-state index contributed by atoms with van der Waals surface area (Å²) in [6.07, 6.45) is -0.679. The lowest BCUT2D eigenvalue weighted by atomic mass is 10.1. The van der Waals surface area contributed by atoms with E-state index in [-0.39, 0.29) is 12.4 Å². The fraction of sp³-hybridized carbons (Fsp3) is 0.263. The van der Waals surface area contributed by atoms with Gasteiger partial charge in [-0.3, -0.25) is 0 Å². The van der Waals surface area contributed by atoms with Gasteiger partial charge in [-0.05, 0) is 61.4 Å². The number of nitrogens with zero attached hydrogens (tertiary/aromatic N) is 2.